The first-order valence-electron chi connectivity index (χ1n) is 7.30. The fourth-order valence-corrected chi connectivity index (χ4v) is 3.65. The number of carbonyl (C=O) groups is 1. The average molecular weight is 336 g/mol. The van der Waals surface area contributed by atoms with Gasteiger partial charge in [-0.05, 0) is 48.1 Å². The van der Waals surface area contributed by atoms with E-state index in [-0.39, 0.29) is 5.91 Å². The zero-order valence-corrected chi connectivity index (χ0v) is 13.9. The first-order valence-corrected chi connectivity index (χ1v) is 8.45. The largest absolute Gasteiger partial charge is 0.337 e. The summed E-state index contributed by atoms with van der Waals surface area (Å²) < 4.78 is 4.39. The monoisotopic (exact) mass is 335 g/mol. The Bertz CT molecular complexity index is 670. The van der Waals surface area contributed by atoms with Gasteiger partial charge in [-0.1, -0.05) is 30.7 Å². The second-order valence-electron chi connectivity index (χ2n) is 5.77. The third-order valence-corrected chi connectivity index (χ3v) is 5.25. The van der Waals surface area contributed by atoms with Gasteiger partial charge in [-0.3, -0.25) is 4.79 Å². The van der Waals surface area contributed by atoms with Crippen molar-refractivity contribution in [3.63, 3.8) is 0 Å². The van der Waals surface area contributed by atoms with E-state index in [4.69, 9.17) is 17.3 Å². The highest BCUT2D eigenvalue weighted by Crippen LogP contribution is 2.27. The van der Waals surface area contributed by atoms with Crippen molar-refractivity contribution in [1.82, 2.24) is 9.27 Å². The Balaban J connectivity index is 1.76. The van der Waals surface area contributed by atoms with Crippen LogP contribution in [0.5, 0.6) is 0 Å². The van der Waals surface area contributed by atoms with Crippen LogP contribution < -0.4 is 5.73 Å². The number of aromatic nitrogens is 1. The summed E-state index contributed by atoms with van der Waals surface area (Å²) in [5.74, 6) is 0.908. The van der Waals surface area contributed by atoms with Crippen LogP contribution in [0.25, 0.3) is 11.3 Å². The van der Waals surface area contributed by atoms with Crippen molar-refractivity contribution in [2.24, 2.45) is 17.6 Å². The molecule has 3 rings (SSSR count). The van der Waals surface area contributed by atoms with Crippen molar-refractivity contribution in [2.45, 2.75) is 6.92 Å². The SMILES string of the molecule is C[C@@H]1CN(C(=O)c2cc(-c3ccc(Cl)cc3)ns2)C[C@H]1CN. The molecule has 0 saturated carbocycles. The molecule has 4 nitrogen and oxygen atoms in total. The standard InChI is InChI=1S/C16H18ClN3OS/c1-10-8-20(9-12(10)7-18)16(21)15-6-14(19-22-15)11-2-4-13(17)5-3-11/h2-6,10,12H,7-9,18H2,1H3/t10-,12-/m1/s1. The highest BCUT2D eigenvalue weighted by atomic mass is 35.5. The summed E-state index contributed by atoms with van der Waals surface area (Å²) in [7, 11) is 0. The first kappa shape index (κ1) is 15.5. The molecule has 0 radical (unpaired) electrons. The maximum Gasteiger partial charge on any atom is 0.265 e. The predicted molar refractivity (Wildman–Crippen MR) is 90.2 cm³/mol. The summed E-state index contributed by atoms with van der Waals surface area (Å²) in [6, 6.07) is 9.33. The summed E-state index contributed by atoms with van der Waals surface area (Å²) in [5, 5.41) is 0.689. The highest BCUT2D eigenvalue weighted by molar-refractivity contribution is 7.08. The van der Waals surface area contributed by atoms with Crippen molar-refractivity contribution < 1.29 is 4.79 Å². The first-order chi connectivity index (χ1) is 10.6. The number of hydrogen-bond donors (Lipinski definition) is 1. The third-order valence-electron chi connectivity index (χ3n) is 4.22. The normalized spacial score (nSPS) is 21.3. The molecule has 1 amide bonds. The van der Waals surface area contributed by atoms with E-state index in [1.807, 2.05) is 35.2 Å². The van der Waals surface area contributed by atoms with Crippen LogP contribution in [0.1, 0.15) is 16.6 Å². The fraction of sp³-hybridized carbons (Fsp3) is 0.375. The van der Waals surface area contributed by atoms with E-state index in [2.05, 4.69) is 11.3 Å². The van der Waals surface area contributed by atoms with E-state index in [1.165, 1.54) is 11.5 Å². The Kier molecular flexibility index (Phi) is 4.47. The minimum atomic E-state index is 0.0560. The number of nitrogens with two attached hydrogens (primary N) is 1. The number of benzene rings is 1. The van der Waals surface area contributed by atoms with Gasteiger partial charge in [0, 0.05) is 23.7 Å². The molecule has 1 saturated heterocycles. The average Bonchev–Trinajstić information content (AvgIpc) is 3.14. The van der Waals surface area contributed by atoms with Crippen molar-refractivity contribution in [3.8, 4) is 11.3 Å². The van der Waals surface area contributed by atoms with E-state index < -0.39 is 0 Å². The molecule has 22 heavy (non-hydrogen) atoms. The second-order valence-corrected chi connectivity index (χ2v) is 7.01. The molecule has 1 aromatic heterocycles. The topological polar surface area (TPSA) is 59.2 Å². The smallest absolute Gasteiger partial charge is 0.265 e. The van der Waals surface area contributed by atoms with Crippen LogP contribution in [-0.4, -0.2) is 34.8 Å². The number of amides is 1. The molecule has 1 fully saturated rings. The van der Waals surface area contributed by atoms with Gasteiger partial charge in [0.1, 0.15) is 4.88 Å². The van der Waals surface area contributed by atoms with Crippen LogP contribution in [0.15, 0.2) is 30.3 Å². The van der Waals surface area contributed by atoms with Crippen LogP contribution >= 0.6 is 23.1 Å². The number of carbonyl (C=O) groups excluding carboxylic acids is 1. The van der Waals surface area contributed by atoms with E-state index in [1.54, 1.807) is 0 Å². The highest BCUT2D eigenvalue weighted by Gasteiger charge is 2.32. The molecule has 0 bridgehead atoms. The van der Waals surface area contributed by atoms with Crippen molar-refractivity contribution in [2.75, 3.05) is 19.6 Å². The molecular weight excluding hydrogens is 318 g/mol. The summed E-state index contributed by atoms with van der Waals surface area (Å²) in [5.41, 5.74) is 7.54. The van der Waals surface area contributed by atoms with E-state index in [0.29, 0.717) is 28.3 Å². The van der Waals surface area contributed by atoms with Gasteiger partial charge in [0.15, 0.2) is 0 Å². The summed E-state index contributed by atoms with van der Waals surface area (Å²) >= 11 is 7.14. The minimum Gasteiger partial charge on any atom is -0.337 e. The molecule has 116 valence electrons. The fourth-order valence-electron chi connectivity index (χ4n) is 2.80. The van der Waals surface area contributed by atoms with Gasteiger partial charge in [-0.25, -0.2) is 0 Å². The molecule has 1 aliphatic rings. The Hall–Kier alpha value is -1.43. The van der Waals surface area contributed by atoms with Crippen molar-refractivity contribution in [3.05, 3.63) is 40.2 Å². The minimum absolute atomic E-state index is 0.0560. The Labute approximate surface area is 139 Å². The molecule has 1 aromatic carbocycles. The predicted octanol–water partition coefficient (Wildman–Crippen LogP) is 3.13. The molecule has 6 heteroatoms. The maximum absolute atomic E-state index is 12.6. The van der Waals surface area contributed by atoms with E-state index in [0.717, 1.165) is 24.3 Å². The van der Waals surface area contributed by atoms with Crippen molar-refractivity contribution in [1.29, 1.82) is 0 Å². The van der Waals surface area contributed by atoms with Crippen LogP contribution in [-0.2, 0) is 0 Å². The molecule has 0 spiro atoms. The molecule has 1 aliphatic heterocycles. The van der Waals surface area contributed by atoms with Gasteiger partial charge < -0.3 is 10.6 Å². The molecule has 2 heterocycles. The maximum atomic E-state index is 12.6. The molecule has 2 aromatic rings. The van der Waals surface area contributed by atoms with Gasteiger partial charge >= 0.3 is 0 Å². The Morgan fingerprint density at radius 2 is 2.14 bits per heavy atom. The molecule has 2 atom stereocenters. The van der Waals surface area contributed by atoms with Crippen LogP contribution in [0.4, 0.5) is 0 Å². The van der Waals surface area contributed by atoms with Crippen LogP contribution in [0, 0.1) is 11.8 Å². The van der Waals surface area contributed by atoms with Gasteiger partial charge in [-0.2, -0.15) is 4.37 Å². The van der Waals surface area contributed by atoms with E-state index >= 15 is 0 Å². The summed E-state index contributed by atoms with van der Waals surface area (Å²) in [6.07, 6.45) is 0. The number of rotatable bonds is 3. The lowest BCUT2D eigenvalue weighted by molar-refractivity contribution is 0.0789. The second kappa shape index (κ2) is 6.36. The molecule has 2 N–H and O–H groups in total. The van der Waals surface area contributed by atoms with Gasteiger partial charge in [0.25, 0.3) is 5.91 Å². The zero-order chi connectivity index (χ0) is 15.7. The van der Waals surface area contributed by atoms with Crippen molar-refractivity contribution >= 4 is 29.0 Å². The lowest BCUT2D eigenvalue weighted by Gasteiger charge is -2.14. The lowest BCUT2D eigenvalue weighted by Crippen LogP contribution is -2.29. The number of likely N-dealkylation sites (tertiary alicyclic amines) is 1. The molecular formula is C16H18ClN3OS. The number of nitrogens with zero attached hydrogens (tertiary/aromatic N) is 2. The van der Waals surface area contributed by atoms with Crippen LogP contribution in [0.3, 0.4) is 0 Å². The molecule has 0 aliphatic carbocycles. The lowest BCUT2D eigenvalue weighted by atomic mass is 9.99. The third kappa shape index (κ3) is 3.02. The van der Waals surface area contributed by atoms with Crippen LogP contribution in [0.2, 0.25) is 5.02 Å². The van der Waals surface area contributed by atoms with E-state index in [9.17, 15) is 4.79 Å². The quantitative estimate of drug-likeness (QED) is 0.937. The molecule has 0 unspecified atom stereocenters. The number of hydrogen-bond acceptors (Lipinski definition) is 4. The van der Waals surface area contributed by atoms with Gasteiger partial charge in [0.05, 0.1) is 5.69 Å². The zero-order valence-electron chi connectivity index (χ0n) is 12.3. The summed E-state index contributed by atoms with van der Waals surface area (Å²) in [6.45, 7) is 4.29. The summed E-state index contributed by atoms with van der Waals surface area (Å²) in [4.78, 5) is 15.2. The Morgan fingerprint density at radius 3 is 2.77 bits per heavy atom. The van der Waals surface area contributed by atoms with Gasteiger partial charge in [-0.15, -0.1) is 0 Å². The number of halogens is 1. The van der Waals surface area contributed by atoms with Gasteiger partial charge in [0.2, 0.25) is 0 Å². The Morgan fingerprint density at radius 1 is 1.41 bits per heavy atom.